The van der Waals surface area contributed by atoms with E-state index in [1.165, 1.54) is 23.4 Å². The molecule has 2 aromatic carbocycles. The number of nitrogens with zero attached hydrogens (tertiary/aromatic N) is 2. The van der Waals surface area contributed by atoms with Gasteiger partial charge in [0.1, 0.15) is 0 Å². The van der Waals surface area contributed by atoms with Gasteiger partial charge in [-0.25, -0.2) is 18.0 Å². The van der Waals surface area contributed by atoms with Gasteiger partial charge >= 0.3 is 11.9 Å². The molecule has 0 saturated carbocycles. The van der Waals surface area contributed by atoms with Gasteiger partial charge in [0, 0.05) is 44.4 Å². The monoisotopic (exact) mass is 477 g/mol. The van der Waals surface area contributed by atoms with Crippen molar-refractivity contribution in [2.24, 2.45) is 0 Å². The van der Waals surface area contributed by atoms with E-state index in [0.29, 0.717) is 24.3 Å². The summed E-state index contributed by atoms with van der Waals surface area (Å²) in [4.78, 5) is 43.6. The minimum atomic E-state index is -3.64. The molecule has 176 valence electrons. The molecule has 3 rings (SSSR count). The van der Waals surface area contributed by atoms with Crippen LogP contribution in [0.25, 0.3) is 0 Å². The zero-order valence-corrected chi connectivity index (χ0v) is 18.5. The quantitative estimate of drug-likeness (QED) is 0.548. The number of carboxylic acid groups (broad SMARTS) is 2. The van der Waals surface area contributed by atoms with Crippen molar-refractivity contribution in [2.75, 3.05) is 31.5 Å². The number of hydrogen-bond donors (Lipinski definition) is 3. The van der Waals surface area contributed by atoms with Crippen LogP contribution in [-0.2, 0) is 24.4 Å². The summed E-state index contributed by atoms with van der Waals surface area (Å²) in [6.45, 7) is 2.57. The van der Waals surface area contributed by atoms with Gasteiger partial charge in [0.05, 0.1) is 4.90 Å². The summed E-state index contributed by atoms with van der Waals surface area (Å²) in [5.74, 6) is -3.96. The molecule has 2 aromatic rings. The molecule has 0 aromatic heterocycles. The lowest BCUT2D eigenvalue weighted by molar-refractivity contribution is -0.159. The molecular formula is C21H23N3O8S. The molecule has 0 aliphatic carbocycles. The van der Waals surface area contributed by atoms with Crippen LogP contribution in [0.3, 0.4) is 0 Å². The number of amides is 2. The summed E-state index contributed by atoms with van der Waals surface area (Å²) in [5, 5.41) is 17.4. The number of sulfonamides is 1. The first-order chi connectivity index (χ1) is 15.5. The minimum absolute atomic E-state index is 0.0905. The minimum Gasteiger partial charge on any atom is -0.473 e. The Kier molecular flexibility index (Phi) is 8.65. The van der Waals surface area contributed by atoms with E-state index in [-0.39, 0.29) is 29.8 Å². The van der Waals surface area contributed by atoms with Gasteiger partial charge in [0.2, 0.25) is 15.9 Å². The highest BCUT2D eigenvalue weighted by Gasteiger charge is 2.30. The maximum Gasteiger partial charge on any atom is 0.414 e. The third kappa shape index (κ3) is 7.12. The molecule has 0 spiro atoms. The van der Waals surface area contributed by atoms with E-state index in [1.807, 2.05) is 6.07 Å². The Morgan fingerprint density at radius 1 is 0.818 bits per heavy atom. The lowest BCUT2D eigenvalue weighted by Crippen LogP contribution is -2.50. The van der Waals surface area contributed by atoms with Crippen molar-refractivity contribution in [1.82, 2.24) is 9.21 Å². The molecule has 0 bridgehead atoms. The molecule has 1 saturated heterocycles. The number of carbonyl (C=O) groups excluding carboxylic acids is 2. The highest BCUT2D eigenvalue weighted by molar-refractivity contribution is 7.89. The molecular weight excluding hydrogens is 454 g/mol. The van der Waals surface area contributed by atoms with Crippen LogP contribution in [0.2, 0.25) is 0 Å². The summed E-state index contributed by atoms with van der Waals surface area (Å²) in [5.41, 5.74) is 1.14. The average Bonchev–Trinajstić information content (AvgIpc) is 2.79. The van der Waals surface area contributed by atoms with Crippen LogP contribution < -0.4 is 5.32 Å². The molecule has 12 heteroatoms. The number of rotatable bonds is 4. The smallest absolute Gasteiger partial charge is 0.414 e. The highest BCUT2D eigenvalue weighted by Crippen LogP contribution is 2.20. The Labute approximate surface area is 190 Å². The van der Waals surface area contributed by atoms with Gasteiger partial charge in [0.15, 0.2) is 0 Å². The SMILES string of the molecule is CC(=O)Nc1ccc(S(=O)(=O)N2CCN(C(=O)c3ccccc3)CC2)cc1.O=C(O)C(=O)O. The maximum atomic E-state index is 12.8. The number of carbonyl (C=O) groups is 4. The highest BCUT2D eigenvalue weighted by atomic mass is 32.2. The normalized spacial score (nSPS) is 13.9. The topological polar surface area (TPSA) is 161 Å². The molecule has 11 nitrogen and oxygen atoms in total. The predicted octanol–water partition coefficient (Wildman–Crippen LogP) is 0.947. The molecule has 0 unspecified atom stereocenters. The van der Waals surface area contributed by atoms with Crippen molar-refractivity contribution in [3.8, 4) is 0 Å². The number of piperazine rings is 1. The summed E-state index contributed by atoms with van der Waals surface area (Å²) < 4.78 is 27.0. The lowest BCUT2D eigenvalue weighted by Gasteiger charge is -2.34. The first-order valence-corrected chi connectivity index (χ1v) is 11.1. The third-order valence-electron chi connectivity index (χ3n) is 4.54. The van der Waals surface area contributed by atoms with Crippen LogP contribution in [0.1, 0.15) is 17.3 Å². The Morgan fingerprint density at radius 3 is 1.79 bits per heavy atom. The van der Waals surface area contributed by atoms with Gasteiger partial charge < -0.3 is 20.4 Å². The summed E-state index contributed by atoms with van der Waals surface area (Å²) in [6.07, 6.45) is 0. The molecule has 0 atom stereocenters. The Hall–Kier alpha value is -3.77. The van der Waals surface area contributed by atoms with Crippen molar-refractivity contribution in [3.05, 3.63) is 60.2 Å². The largest absolute Gasteiger partial charge is 0.473 e. The third-order valence-corrected chi connectivity index (χ3v) is 6.45. The first kappa shape index (κ1) is 25.5. The zero-order valence-electron chi connectivity index (χ0n) is 17.7. The maximum absolute atomic E-state index is 12.8. The van der Waals surface area contributed by atoms with Crippen LogP contribution in [0.5, 0.6) is 0 Å². The number of nitrogens with one attached hydrogen (secondary N) is 1. The molecule has 1 aliphatic rings. The molecule has 0 radical (unpaired) electrons. The molecule has 1 fully saturated rings. The Balaban J connectivity index is 0.000000569. The first-order valence-electron chi connectivity index (χ1n) is 9.70. The lowest BCUT2D eigenvalue weighted by atomic mass is 10.2. The van der Waals surface area contributed by atoms with Crippen LogP contribution in [0, 0.1) is 0 Å². The number of aliphatic carboxylic acids is 2. The molecule has 1 heterocycles. The fourth-order valence-electron chi connectivity index (χ4n) is 2.96. The molecule has 3 N–H and O–H groups in total. The second-order valence-electron chi connectivity index (χ2n) is 6.88. The van der Waals surface area contributed by atoms with Crippen molar-refractivity contribution in [3.63, 3.8) is 0 Å². The Bertz CT molecular complexity index is 1100. The number of carboxylic acids is 2. The predicted molar refractivity (Wildman–Crippen MR) is 117 cm³/mol. The van der Waals surface area contributed by atoms with Crippen molar-refractivity contribution < 1.29 is 37.8 Å². The second kappa shape index (κ2) is 11.2. The molecule has 1 aliphatic heterocycles. The van der Waals surface area contributed by atoms with Gasteiger partial charge in [-0.3, -0.25) is 9.59 Å². The zero-order chi connectivity index (χ0) is 24.6. The molecule has 33 heavy (non-hydrogen) atoms. The van der Waals surface area contributed by atoms with Crippen LogP contribution in [-0.4, -0.2) is 77.8 Å². The fraction of sp³-hybridized carbons (Fsp3) is 0.238. The van der Waals surface area contributed by atoms with Crippen molar-refractivity contribution in [1.29, 1.82) is 0 Å². The van der Waals surface area contributed by atoms with E-state index < -0.39 is 22.0 Å². The van der Waals surface area contributed by atoms with E-state index in [0.717, 1.165) is 0 Å². The summed E-state index contributed by atoms with van der Waals surface area (Å²) in [6, 6.07) is 15.0. The van der Waals surface area contributed by atoms with Gasteiger partial charge in [-0.1, -0.05) is 18.2 Å². The van der Waals surface area contributed by atoms with E-state index in [1.54, 1.807) is 41.3 Å². The fourth-order valence-corrected chi connectivity index (χ4v) is 4.38. The van der Waals surface area contributed by atoms with Gasteiger partial charge in [-0.05, 0) is 36.4 Å². The van der Waals surface area contributed by atoms with Gasteiger partial charge in [0.25, 0.3) is 5.91 Å². The molecule has 2 amide bonds. The Morgan fingerprint density at radius 2 is 1.33 bits per heavy atom. The average molecular weight is 477 g/mol. The van der Waals surface area contributed by atoms with Crippen LogP contribution >= 0.6 is 0 Å². The number of benzene rings is 2. The van der Waals surface area contributed by atoms with E-state index in [4.69, 9.17) is 19.8 Å². The van der Waals surface area contributed by atoms with Gasteiger partial charge in [-0.15, -0.1) is 0 Å². The van der Waals surface area contributed by atoms with E-state index >= 15 is 0 Å². The van der Waals surface area contributed by atoms with Crippen molar-refractivity contribution >= 4 is 39.5 Å². The summed E-state index contributed by atoms with van der Waals surface area (Å²) >= 11 is 0. The van der Waals surface area contributed by atoms with Crippen molar-refractivity contribution in [2.45, 2.75) is 11.8 Å². The van der Waals surface area contributed by atoms with Gasteiger partial charge in [-0.2, -0.15) is 4.31 Å². The van der Waals surface area contributed by atoms with Crippen LogP contribution in [0.15, 0.2) is 59.5 Å². The number of anilines is 1. The second-order valence-corrected chi connectivity index (χ2v) is 8.82. The van der Waals surface area contributed by atoms with Crippen LogP contribution in [0.4, 0.5) is 5.69 Å². The summed E-state index contributed by atoms with van der Waals surface area (Å²) in [7, 11) is -3.64. The standard InChI is InChI=1S/C19H21N3O4S.C2H2O4/c1-15(23)20-17-7-9-18(10-8-17)27(25,26)22-13-11-21(12-14-22)19(24)16-5-3-2-4-6-16;3-1(4)2(5)6/h2-10H,11-14H2,1H3,(H,20,23);(H,3,4)(H,5,6). The van der Waals surface area contributed by atoms with E-state index in [2.05, 4.69) is 5.32 Å². The van der Waals surface area contributed by atoms with E-state index in [9.17, 15) is 18.0 Å². The number of hydrogen-bond acceptors (Lipinski definition) is 6.